The predicted molar refractivity (Wildman–Crippen MR) is 337 cm³/mol. The van der Waals surface area contributed by atoms with Crippen molar-refractivity contribution in [2.45, 2.75) is 18.3 Å². The van der Waals surface area contributed by atoms with Crippen molar-refractivity contribution in [3.8, 4) is 78.4 Å². The maximum absolute atomic E-state index is 5.18. The summed E-state index contributed by atoms with van der Waals surface area (Å²) < 4.78 is 0. The van der Waals surface area contributed by atoms with Crippen molar-refractivity contribution >= 4 is 44.7 Å². The number of benzene rings is 11. The summed E-state index contributed by atoms with van der Waals surface area (Å²) in [4.78, 5) is 23.1. The largest absolute Gasteiger partial charge is 0.310 e. The lowest BCUT2D eigenvalue weighted by Gasteiger charge is -2.34. The molecular formula is C77H51N5. The monoisotopic (exact) mass is 1050 g/mol. The Hall–Kier alpha value is -10.6. The lowest BCUT2D eigenvalue weighted by atomic mass is 9.68. The third kappa shape index (κ3) is 7.69. The third-order valence-corrected chi connectivity index (χ3v) is 17.0. The van der Waals surface area contributed by atoms with Crippen LogP contribution in [0.15, 0.2) is 291 Å². The first-order valence-corrected chi connectivity index (χ1v) is 28.2. The van der Waals surface area contributed by atoms with E-state index in [1.165, 1.54) is 44.5 Å². The van der Waals surface area contributed by atoms with Gasteiger partial charge in [-0.1, -0.05) is 224 Å². The highest BCUT2D eigenvalue weighted by atomic mass is 15.1. The van der Waals surface area contributed by atoms with Crippen molar-refractivity contribution in [3.05, 3.63) is 313 Å². The van der Waals surface area contributed by atoms with Crippen LogP contribution in [-0.2, 0) is 5.41 Å². The highest BCUT2D eigenvalue weighted by molar-refractivity contribution is 5.98. The maximum atomic E-state index is 5.18. The first-order valence-electron chi connectivity index (χ1n) is 28.2. The molecule has 2 heterocycles. The summed E-state index contributed by atoms with van der Waals surface area (Å²) in [7, 11) is 0. The van der Waals surface area contributed by atoms with Crippen molar-refractivity contribution in [3.63, 3.8) is 0 Å². The van der Waals surface area contributed by atoms with Gasteiger partial charge in [-0.25, -0.2) is 19.9 Å². The van der Waals surface area contributed by atoms with Gasteiger partial charge in [0.05, 0.1) is 50.3 Å². The molecule has 5 heteroatoms. The molecule has 16 rings (SSSR count). The van der Waals surface area contributed by atoms with Crippen LogP contribution in [0, 0.1) is 0 Å². The van der Waals surface area contributed by atoms with E-state index in [-0.39, 0.29) is 0 Å². The second-order valence-corrected chi connectivity index (χ2v) is 21.5. The molecule has 0 aliphatic heterocycles. The molecule has 5 nitrogen and oxygen atoms in total. The Morgan fingerprint density at radius 1 is 0.293 bits per heavy atom. The molecule has 0 amide bonds. The first kappa shape index (κ1) is 47.4. The van der Waals surface area contributed by atoms with Crippen LogP contribution >= 0.6 is 0 Å². The van der Waals surface area contributed by atoms with Crippen LogP contribution in [0.4, 0.5) is 17.1 Å². The smallest absolute Gasteiger partial charge is 0.0973 e. The summed E-state index contributed by atoms with van der Waals surface area (Å²) >= 11 is 0. The molecular weight excluding hydrogens is 995 g/mol. The number of rotatable bonds is 9. The number of allylic oxidation sites excluding steroid dienone is 4. The molecule has 384 valence electrons. The minimum Gasteiger partial charge on any atom is -0.310 e. The summed E-state index contributed by atoms with van der Waals surface area (Å²) in [5.41, 5.74) is 29.4. The van der Waals surface area contributed by atoms with Gasteiger partial charge < -0.3 is 4.90 Å². The minimum absolute atomic E-state index is 0.392. The standard InChI is InChI=1S/C77H51N5/c1-3-17-54(18-4-1)73-75(80-71-29-15-13-27-69(71)78-73)56-35-31-50(32-36-56)52-39-43-58(44-40-52)82(60-47-48-64-63-23-9-12-26-67(63)77(68(64)49-60)65-24-10-7-21-61(65)62-22-8-11-25-66(62)77)59-45-41-53(42-46-59)51-33-37-57(38-34-51)76-74(55-19-5-2-6-20-55)79-70-28-14-16-30-72(70)81-76/h1-10,12-24,26-49H,11,25H2. The Kier molecular flexibility index (Phi) is 11.2. The molecule has 0 radical (unpaired) electrons. The summed E-state index contributed by atoms with van der Waals surface area (Å²) in [6.45, 7) is 0. The van der Waals surface area contributed by atoms with Crippen LogP contribution < -0.4 is 4.90 Å². The van der Waals surface area contributed by atoms with E-state index in [2.05, 4.69) is 229 Å². The summed E-state index contributed by atoms with van der Waals surface area (Å²) in [5, 5.41) is 0. The topological polar surface area (TPSA) is 54.8 Å². The molecule has 2 aromatic heterocycles. The van der Waals surface area contributed by atoms with Crippen molar-refractivity contribution in [1.82, 2.24) is 19.9 Å². The fourth-order valence-electron chi connectivity index (χ4n) is 13.2. The Morgan fingerprint density at radius 2 is 0.646 bits per heavy atom. The van der Waals surface area contributed by atoms with Gasteiger partial charge in [-0.15, -0.1) is 0 Å². The van der Waals surface area contributed by atoms with Gasteiger partial charge in [0.2, 0.25) is 0 Å². The van der Waals surface area contributed by atoms with Crippen LogP contribution in [0.5, 0.6) is 0 Å². The normalized spacial score (nSPS) is 14.7. The zero-order valence-corrected chi connectivity index (χ0v) is 44.8. The second-order valence-electron chi connectivity index (χ2n) is 21.5. The fraction of sp³-hybridized carbons (Fsp3) is 0.0390. The lowest BCUT2D eigenvalue weighted by Crippen LogP contribution is -2.28. The summed E-state index contributed by atoms with van der Waals surface area (Å²) in [6.07, 6.45) is 6.78. The number of anilines is 3. The Labute approximate surface area is 476 Å². The van der Waals surface area contributed by atoms with Crippen molar-refractivity contribution in [2.75, 3.05) is 4.90 Å². The number of para-hydroxylation sites is 4. The van der Waals surface area contributed by atoms with Crippen LogP contribution in [0.2, 0.25) is 0 Å². The Balaban J connectivity index is 0.787. The maximum Gasteiger partial charge on any atom is 0.0973 e. The number of hydrogen-bond donors (Lipinski definition) is 0. The zero-order chi connectivity index (χ0) is 54.1. The van der Waals surface area contributed by atoms with Gasteiger partial charge in [-0.2, -0.15) is 0 Å². The van der Waals surface area contributed by atoms with E-state index in [1.807, 2.05) is 60.7 Å². The molecule has 1 unspecified atom stereocenters. The van der Waals surface area contributed by atoms with Gasteiger partial charge >= 0.3 is 0 Å². The fourth-order valence-corrected chi connectivity index (χ4v) is 13.2. The van der Waals surface area contributed by atoms with Crippen LogP contribution in [0.1, 0.15) is 35.1 Å². The number of nitrogens with zero attached hydrogens (tertiary/aromatic N) is 5. The average molecular weight is 1050 g/mol. The second kappa shape index (κ2) is 19.3. The third-order valence-electron chi connectivity index (χ3n) is 17.0. The molecule has 3 aliphatic rings. The number of aromatic nitrogens is 4. The molecule has 3 aliphatic carbocycles. The summed E-state index contributed by atoms with van der Waals surface area (Å²) in [5.74, 6) is 0. The van der Waals surface area contributed by atoms with Crippen LogP contribution in [0.3, 0.4) is 0 Å². The molecule has 1 atom stereocenters. The van der Waals surface area contributed by atoms with Crippen molar-refractivity contribution in [2.24, 2.45) is 0 Å². The van der Waals surface area contributed by atoms with E-state index in [1.54, 1.807) is 0 Å². The molecule has 0 fully saturated rings. The van der Waals surface area contributed by atoms with Crippen molar-refractivity contribution < 1.29 is 0 Å². The van der Waals surface area contributed by atoms with Gasteiger partial charge in [0.15, 0.2) is 0 Å². The molecule has 1 spiro atoms. The highest BCUT2D eigenvalue weighted by Crippen LogP contribution is 2.64. The minimum atomic E-state index is -0.392. The van der Waals surface area contributed by atoms with E-state index in [4.69, 9.17) is 19.9 Å². The van der Waals surface area contributed by atoms with Gasteiger partial charge in [-0.3, -0.25) is 0 Å². The molecule has 0 saturated heterocycles. The van der Waals surface area contributed by atoms with E-state index < -0.39 is 5.41 Å². The van der Waals surface area contributed by atoms with Gasteiger partial charge in [0.1, 0.15) is 0 Å². The van der Waals surface area contributed by atoms with E-state index in [0.29, 0.717) is 0 Å². The number of fused-ring (bicyclic) bond motifs is 11. The van der Waals surface area contributed by atoms with Gasteiger partial charge in [0.25, 0.3) is 0 Å². The predicted octanol–water partition coefficient (Wildman–Crippen LogP) is 19.5. The molecule has 0 N–H and O–H groups in total. The van der Waals surface area contributed by atoms with E-state index >= 15 is 0 Å². The van der Waals surface area contributed by atoms with Gasteiger partial charge in [-0.05, 0) is 140 Å². The zero-order valence-electron chi connectivity index (χ0n) is 44.8. The summed E-state index contributed by atoms with van der Waals surface area (Å²) in [6, 6.07) is 98.0. The van der Waals surface area contributed by atoms with Crippen LogP contribution in [0.25, 0.3) is 106 Å². The van der Waals surface area contributed by atoms with E-state index in [0.717, 1.165) is 119 Å². The molecule has 11 aromatic carbocycles. The van der Waals surface area contributed by atoms with Crippen molar-refractivity contribution in [1.29, 1.82) is 0 Å². The molecule has 0 bridgehead atoms. The quantitative estimate of drug-likeness (QED) is 0.144. The Bertz CT molecular complexity index is 4490. The average Bonchev–Trinajstić information content (AvgIpc) is 2.02. The van der Waals surface area contributed by atoms with Gasteiger partial charge in [0, 0.05) is 39.3 Å². The van der Waals surface area contributed by atoms with Crippen LogP contribution in [-0.4, -0.2) is 19.9 Å². The van der Waals surface area contributed by atoms with E-state index in [9.17, 15) is 0 Å². The lowest BCUT2D eigenvalue weighted by molar-refractivity contribution is 0.714. The highest BCUT2D eigenvalue weighted by Gasteiger charge is 2.52. The molecule has 13 aromatic rings. The molecule has 0 saturated carbocycles. The molecule has 82 heavy (non-hydrogen) atoms. The number of hydrogen-bond acceptors (Lipinski definition) is 5. The SMILES string of the molecule is C1=CC2=C(CC1)C1(c3ccccc32)c2ccccc2-c2ccc(N(c3ccc(-c4ccc(-c5nc6ccccc6nc5-c5ccccc5)cc4)cc3)c3ccc(-c4ccc(-c5nc6ccccc6nc5-c5ccccc5)cc4)cc3)cc21. The first-order chi connectivity index (χ1) is 40.6. The Morgan fingerprint density at radius 3 is 1.12 bits per heavy atom.